The summed E-state index contributed by atoms with van der Waals surface area (Å²) < 4.78 is 39.9. The van der Waals surface area contributed by atoms with Crippen LogP contribution in [0.1, 0.15) is 0 Å². The SMILES string of the molecule is FC(F)(F)Sc1c(-c2ccccc2)nnn1-c1ccccc1. The number of para-hydroxylation sites is 1. The van der Waals surface area contributed by atoms with Crippen molar-refractivity contribution in [3.05, 3.63) is 60.7 Å². The second-order valence-corrected chi connectivity index (χ2v) is 5.46. The highest BCUT2D eigenvalue weighted by Gasteiger charge is 2.34. The molecular formula is C15H10F3N3S. The number of hydrogen-bond acceptors (Lipinski definition) is 3. The number of hydrogen-bond donors (Lipinski definition) is 0. The van der Waals surface area contributed by atoms with Crippen LogP contribution in [0.4, 0.5) is 13.2 Å². The molecule has 0 aliphatic heterocycles. The maximum atomic E-state index is 12.9. The summed E-state index contributed by atoms with van der Waals surface area (Å²) in [6.45, 7) is 0. The topological polar surface area (TPSA) is 30.7 Å². The number of benzene rings is 2. The molecule has 0 radical (unpaired) electrons. The van der Waals surface area contributed by atoms with Crippen molar-refractivity contribution in [2.75, 3.05) is 0 Å². The molecule has 0 atom stereocenters. The van der Waals surface area contributed by atoms with Gasteiger partial charge in [0.1, 0.15) is 10.7 Å². The Morgan fingerprint density at radius 2 is 1.45 bits per heavy atom. The molecular weight excluding hydrogens is 311 g/mol. The Bertz CT molecular complexity index is 698. The zero-order valence-electron chi connectivity index (χ0n) is 11.2. The predicted octanol–water partition coefficient (Wildman–Crippen LogP) is 4.55. The summed E-state index contributed by atoms with van der Waals surface area (Å²) >= 11 is -0.212. The quantitative estimate of drug-likeness (QED) is 0.663. The molecule has 0 amide bonds. The molecule has 0 saturated heterocycles. The summed E-state index contributed by atoms with van der Waals surface area (Å²) in [5.41, 5.74) is -3.08. The Hall–Kier alpha value is -2.28. The van der Waals surface area contributed by atoms with Crippen LogP contribution in [0.15, 0.2) is 65.7 Å². The van der Waals surface area contributed by atoms with Gasteiger partial charge in [0.2, 0.25) is 0 Å². The van der Waals surface area contributed by atoms with Crippen LogP contribution in [0.2, 0.25) is 0 Å². The summed E-state index contributed by atoms with van der Waals surface area (Å²) in [4.78, 5) is 0. The van der Waals surface area contributed by atoms with Gasteiger partial charge < -0.3 is 0 Å². The third-order valence-corrected chi connectivity index (χ3v) is 3.68. The summed E-state index contributed by atoms with van der Waals surface area (Å²) in [6.07, 6.45) is 0. The molecule has 1 aromatic heterocycles. The van der Waals surface area contributed by atoms with Crippen molar-refractivity contribution >= 4 is 11.8 Å². The van der Waals surface area contributed by atoms with Crippen LogP contribution >= 0.6 is 11.8 Å². The van der Waals surface area contributed by atoms with Gasteiger partial charge in [0, 0.05) is 17.3 Å². The molecule has 3 aromatic rings. The van der Waals surface area contributed by atoms with Gasteiger partial charge in [0.15, 0.2) is 0 Å². The minimum atomic E-state index is -4.42. The fraction of sp³-hybridized carbons (Fsp3) is 0.0667. The van der Waals surface area contributed by atoms with Crippen LogP contribution in [0.5, 0.6) is 0 Å². The van der Waals surface area contributed by atoms with E-state index in [1.807, 2.05) is 0 Å². The van der Waals surface area contributed by atoms with Gasteiger partial charge in [-0.15, -0.1) is 5.10 Å². The van der Waals surface area contributed by atoms with Crippen LogP contribution < -0.4 is 0 Å². The van der Waals surface area contributed by atoms with Crippen molar-refractivity contribution in [3.63, 3.8) is 0 Å². The number of aromatic nitrogens is 3. The molecule has 2 aromatic carbocycles. The molecule has 0 aliphatic rings. The Morgan fingerprint density at radius 1 is 0.864 bits per heavy atom. The normalized spacial score (nSPS) is 11.6. The van der Waals surface area contributed by atoms with Gasteiger partial charge in [-0.1, -0.05) is 53.7 Å². The average molecular weight is 321 g/mol. The second-order valence-electron chi connectivity index (χ2n) is 4.40. The van der Waals surface area contributed by atoms with E-state index in [2.05, 4.69) is 10.3 Å². The summed E-state index contributed by atoms with van der Waals surface area (Å²) in [5, 5.41) is 7.78. The first kappa shape index (κ1) is 14.6. The minimum absolute atomic E-state index is 0.0510. The lowest BCUT2D eigenvalue weighted by molar-refractivity contribution is -0.0330. The van der Waals surface area contributed by atoms with Crippen LogP contribution in [0, 0.1) is 0 Å². The number of alkyl halides is 3. The maximum Gasteiger partial charge on any atom is 0.447 e. The van der Waals surface area contributed by atoms with E-state index in [9.17, 15) is 13.2 Å². The number of halogens is 3. The average Bonchev–Trinajstić information content (AvgIpc) is 2.90. The summed E-state index contributed by atoms with van der Waals surface area (Å²) in [5.74, 6) is 0. The van der Waals surface area contributed by atoms with Crippen molar-refractivity contribution in [1.29, 1.82) is 0 Å². The molecule has 0 aliphatic carbocycles. The summed E-state index contributed by atoms with van der Waals surface area (Å²) in [7, 11) is 0. The van der Waals surface area contributed by atoms with Crippen molar-refractivity contribution in [2.45, 2.75) is 10.5 Å². The van der Waals surface area contributed by atoms with Crippen LogP contribution in [0.3, 0.4) is 0 Å². The fourth-order valence-electron chi connectivity index (χ4n) is 1.99. The third-order valence-electron chi connectivity index (χ3n) is 2.89. The van der Waals surface area contributed by atoms with E-state index >= 15 is 0 Å². The first-order valence-electron chi connectivity index (χ1n) is 6.37. The monoisotopic (exact) mass is 321 g/mol. The standard InChI is InChI=1S/C15H10F3N3S/c16-15(17,18)22-14-13(11-7-3-1-4-8-11)19-20-21(14)12-9-5-2-6-10-12/h1-10H. The fourth-order valence-corrected chi connectivity index (χ4v) is 2.69. The van der Waals surface area contributed by atoms with E-state index in [0.29, 0.717) is 11.3 Å². The molecule has 7 heteroatoms. The zero-order valence-corrected chi connectivity index (χ0v) is 12.0. The van der Waals surface area contributed by atoms with Gasteiger partial charge in [-0.2, -0.15) is 13.2 Å². The highest BCUT2D eigenvalue weighted by molar-refractivity contribution is 8.00. The van der Waals surface area contributed by atoms with Gasteiger partial charge in [-0.3, -0.25) is 0 Å². The molecule has 0 N–H and O–H groups in total. The smallest absolute Gasteiger partial charge is 0.206 e. The van der Waals surface area contributed by atoms with Gasteiger partial charge in [0.25, 0.3) is 0 Å². The van der Waals surface area contributed by atoms with Crippen molar-refractivity contribution in [2.24, 2.45) is 0 Å². The highest BCUT2D eigenvalue weighted by atomic mass is 32.2. The van der Waals surface area contributed by atoms with Crippen molar-refractivity contribution in [1.82, 2.24) is 15.0 Å². The first-order valence-corrected chi connectivity index (χ1v) is 7.18. The predicted molar refractivity (Wildman–Crippen MR) is 78.7 cm³/mol. The molecule has 0 unspecified atom stereocenters. The Balaban J connectivity index is 2.14. The van der Waals surface area contributed by atoms with Gasteiger partial charge in [-0.05, 0) is 12.1 Å². The van der Waals surface area contributed by atoms with Crippen molar-refractivity contribution in [3.8, 4) is 16.9 Å². The molecule has 0 saturated carbocycles. The summed E-state index contributed by atoms with van der Waals surface area (Å²) in [6, 6.07) is 17.3. The van der Waals surface area contributed by atoms with Gasteiger partial charge in [0.05, 0.1) is 5.69 Å². The van der Waals surface area contributed by atoms with Crippen molar-refractivity contribution < 1.29 is 13.2 Å². The maximum absolute atomic E-state index is 12.9. The van der Waals surface area contributed by atoms with Crippen LogP contribution in [-0.2, 0) is 0 Å². The molecule has 0 spiro atoms. The van der Waals surface area contributed by atoms with Gasteiger partial charge in [-0.25, -0.2) is 4.68 Å². The Labute approximate surface area is 128 Å². The third kappa shape index (κ3) is 3.14. The highest BCUT2D eigenvalue weighted by Crippen LogP contribution is 2.41. The lowest BCUT2D eigenvalue weighted by atomic mass is 10.2. The van der Waals surface area contributed by atoms with E-state index in [4.69, 9.17) is 0 Å². The van der Waals surface area contributed by atoms with E-state index < -0.39 is 5.51 Å². The Morgan fingerprint density at radius 3 is 2.05 bits per heavy atom. The Kier molecular flexibility index (Phi) is 3.89. The van der Waals surface area contributed by atoms with Gasteiger partial charge >= 0.3 is 5.51 Å². The number of thioether (sulfide) groups is 1. The molecule has 0 fully saturated rings. The van der Waals surface area contributed by atoms with E-state index in [1.54, 1.807) is 60.7 Å². The number of nitrogens with zero attached hydrogens (tertiary/aromatic N) is 3. The molecule has 1 heterocycles. The second kappa shape index (κ2) is 5.84. The molecule has 3 nitrogen and oxygen atoms in total. The lowest BCUT2D eigenvalue weighted by Gasteiger charge is -2.09. The van der Waals surface area contributed by atoms with E-state index in [-0.39, 0.29) is 22.5 Å². The molecule has 22 heavy (non-hydrogen) atoms. The zero-order chi connectivity index (χ0) is 15.6. The number of rotatable bonds is 3. The molecule has 3 rings (SSSR count). The first-order chi connectivity index (χ1) is 10.5. The molecule has 112 valence electrons. The largest absolute Gasteiger partial charge is 0.447 e. The van der Waals surface area contributed by atoms with Crippen LogP contribution in [0.25, 0.3) is 16.9 Å². The molecule has 0 bridgehead atoms. The lowest BCUT2D eigenvalue weighted by Crippen LogP contribution is -2.05. The van der Waals surface area contributed by atoms with E-state index in [1.165, 1.54) is 4.68 Å². The van der Waals surface area contributed by atoms with Crippen LogP contribution in [-0.4, -0.2) is 20.5 Å². The van der Waals surface area contributed by atoms with E-state index in [0.717, 1.165) is 0 Å². The minimum Gasteiger partial charge on any atom is -0.206 e.